The molecule has 5 rings (SSSR count). The molecule has 1 aliphatic heterocycles. The summed E-state index contributed by atoms with van der Waals surface area (Å²) < 4.78 is 46.6. The topological polar surface area (TPSA) is 105 Å². The Balaban J connectivity index is 1.60. The third-order valence-corrected chi connectivity index (χ3v) is 6.74. The van der Waals surface area contributed by atoms with E-state index in [-0.39, 0.29) is 22.2 Å². The zero-order valence-electron chi connectivity index (χ0n) is 20.1. The van der Waals surface area contributed by atoms with Crippen molar-refractivity contribution in [1.82, 2.24) is 15.3 Å². The molecule has 0 bridgehead atoms. The Morgan fingerprint density at radius 1 is 1.10 bits per heavy atom. The third kappa shape index (κ3) is 5.37. The highest BCUT2D eigenvalue weighted by Gasteiger charge is 2.49. The lowest BCUT2D eigenvalue weighted by atomic mass is 9.87. The Kier molecular flexibility index (Phi) is 7.13. The van der Waals surface area contributed by atoms with Crippen LogP contribution >= 0.6 is 11.6 Å². The highest BCUT2D eigenvalue weighted by Crippen LogP contribution is 2.39. The zero-order valence-corrected chi connectivity index (χ0v) is 20.9. The van der Waals surface area contributed by atoms with Crippen LogP contribution in [0.15, 0.2) is 67.0 Å². The van der Waals surface area contributed by atoms with Crippen molar-refractivity contribution in [2.24, 2.45) is 0 Å². The summed E-state index contributed by atoms with van der Waals surface area (Å²) in [5.41, 5.74) is 0.125. The fourth-order valence-electron chi connectivity index (χ4n) is 4.57. The number of carbonyl (C=O) groups is 3. The van der Waals surface area contributed by atoms with Crippen molar-refractivity contribution < 1.29 is 32.3 Å². The number of anilines is 2. The summed E-state index contributed by atoms with van der Waals surface area (Å²) in [6, 6.07) is 8.93. The summed E-state index contributed by atoms with van der Waals surface area (Å²) in [6.45, 7) is -0.409. The molecule has 13 heteroatoms. The average Bonchev–Trinajstić information content (AvgIpc) is 3.28. The normalized spacial score (nSPS) is 19.1. The van der Waals surface area contributed by atoms with Crippen LogP contribution in [0.1, 0.15) is 24.4 Å². The number of aromatic nitrogens is 2. The first-order valence-corrected chi connectivity index (χ1v) is 12.3. The van der Waals surface area contributed by atoms with Gasteiger partial charge in [0.1, 0.15) is 18.5 Å². The van der Waals surface area contributed by atoms with Gasteiger partial charge in [-0.1, -0.05) is 35.9 Å². The molecule has 39 heavy (non-hydrogen) atoms. The Morgan fingerprint density at radius 2 is 1.82 bits per heavy atom. The second-order valence-electron chi connectivity index (χ2n) is 9.09. The highest BCUT2D eigenvalue weighted by molar-refractivity contribution is 6.31. The van der Waals surface area contributed by atoms with Crippen LogP contribution < -0.4 is 15.1 Å². The summed E-state index contributed by atoms with van der Waals surface area (Å²) in [5, 5.41) is 2.66. The molecule has 2 atom stereocenters. The molecule has 1 saturated heterocycles. The molecule has 1 aliphatic carbocycles. The Morgan fingerprint density at radius 3 is 2.49 bits per heavy atom. The summed E-state index contributed by atoms with van der Waals surface area (Å²) in [4.78, 5) is 50.5. The quantitative estimate of drug-likeness (QED) is 0.463. The van der Waals surface area contributed by atoms with E-state index in [2.05, 4.69) is 15.3 Å². The minimum absolute atomic E-state index is 0.0349. The number of alkyl halides is 2. The van der Waals surface area contributed by atoms with Crippen molar-refractivity contribution in [3.63, 3.8) is 0 Å². The summed E-state index contributed by atoms with van der Waals surface area (Å²) in [6.07, 6.45) is 0.717. The molecule has 1 saturated carbocycles. The first kappa shape index (κ1) is 26.4. The van der Waals surface area contributed by atoms with Gasteiger partial charge in [0.15, 0.2) is 6.04 Å². The molecule has 0 spiro atoms. The minimum Gasteiger partial charge on any atom is -0.446 e. The molecule has 1 N–H and O–H groups in total. The van der Waals surface area contributed by atoms with Crippen LogP contribution in [-0.2, 0) is 14.3 Å². The van der Waals surface area contributed by atoms with Gasteiger partial charge in [0, 0.05) is 47.6 Å². The van der Waals surface area contributed by atoms with Gasteiger partial charge in [-0.15, -0.1) is 0 Å². The van der Waals surface area contributed by atoms with Crippen LogP contribution in [-0.4, -0.2) is 52.5 Å². The molecule has 0 radical (unpaired) electrons. The van der Waals surface area contributed by atoms with Gasteiger partial charge >= 0.3 is 6.09 Å². The van der Waals surface area contributed by atoms with Gasteiger partial charge in [-0.25, -0.2) is 32.8 Å². The minimum atomic E-state index is -2.91. The molecule has 0 unspecified atom stereocenters. The molecule has 3 amide bonds. The summed E-state index contributed by atoms with van der Waals surface area (Å²) in [5.74, 6) is -5.38. The van der Waals surface area contributed by atoms with E-state index in [1.54, 1.807) is 12.1 Å². The Hall–Kier alpha value is -4.19. The predicted molar refractivity (Wildman–Crippen MR) is 134 cm³/mol. The van der Waals surface area contributed by atoms with Gasteiger partial charge < -0.3 is 10.1 Å². The maximum Gasteiger partial charge on any atom is 0.417 e. The van der Waals surface area contributed by atoms with E-state index in [0.29, 0.717) is 0 Å². The monoisotopic (exact) mass is 559 g/mol. The van der Waals surface area contributed by atoms with E-state index in [1.807, 2.05) is 0 Å². The summed E-state index contributed by atoms with van der Waals surface area (Å²) in [7, 11) is 0. The first-order chi connectivity index (χ1) is 18.6. The van der Waals surface area contributed by atoms with Crippen molar-refractivity contribution in [1.29, 1.82) is 0 Å². The number of cyclic esters (lactones) is 1. The van der Waals surface area contributed by atoms with Crippen molar-refractivity contribution in [2.75, 3.05) is 16.4 Å². The zero-order chi connectivity index (χ0) is 27.7. The van der Waals surface area contributed by atoms with E-state index >= 15 is 0 Å². The van der Waals surface area contributed by atoms with Gasteiger partial charge in [0.2, 0.25) is 11.9 Å². The molecular formula is C26H21ClF3N5O4. The molecule has 2 aromatic carbocycles. The highest BCUT2D eigenvalue weighted by atomic mass is 35.5. The van der Waals surface area contributed by atoms with Crippen LogP contribution in [0.4, 0.5) is 29.6 Å². The van der Waals surface area contributed by atoms with Crippen LogP contribution in [0.3, 0.4) is 0 Å². The molecule has 9 nitrogen and oxygen atoms in total. The van der Waals surface area contributed by atoms with E-state index in [4.69, 9.17) is 16.3 Å². The molecule has 2 aliphatic rings. The molecule has 2 fully saturated rings. The number of benzene rings is 2. The number of hydrogen-bond donors (Lipinski definition) is 1. The van der Waals surface area contributed by atoms with Gasteiger partial charge in [0.25, 0.3) is 11.8 Å². The van der Waals surface area contributed by atoms with Crippen molar-refractivity contribution in [3.8, 4) is 0 Å². The number of rotatable bonds is 7. The molecule has 2 heterocycles. The molecule has 202 valence electrons. The number of hydrogen-bond acceptors (Lipinski definition) is 6. The number of halogens is 4. The number of carbonyl (C=O) groups excluding carboxylic acids is 3. The van der Waals surface area contributed by atoms with E-state index < -0.39 is 67.2 Å². The first-order valence-electron chi connectivity index (χ1n) is 11.9. The predicted octanol–water partition coefficient (Wildman–Crippen LogP) is 4.28. The van der Waals surface area contributed by atoms with Crippen molar-refractivity contribution >= 4 is 41.1 Å². The van der Waals surface area contributed by atoms with Crippen molar-refractivity contribution in [3.05, 3.63) is 83.4 Å². The standard InChI is InChI=1S/C26H21ClF3N5O4/c27-19-8-2-1-7-18(19)21(22(36)33-16-12-26(29,30)13-16)34(17-6-3-5-15(28)11-17)23(37)20-14-39-25(38)35(20)24-31-9-4-10-32-24/h1-11,16,20-21H,12-14H2,(H,33,36)/t20-,21-/m0/s1. The van der Waals surface area contributed by atoms with Gasteiger partial charge in [-0.2, -0.15) is 0 Å². The largest absolute Gasteiger partial charge is 0.446 e. The molecular weight excluding hydrogens is 539 g/mol. The second-order valence-corrected chi connectivity index (χ2v) is 9.50. The van der Waals surface area contributed by atoms with Crippen LogP contribution in [0.5, 0.6) is 0 Å². The third-order valence-electron chi connectivity index (χ3n) is 6.39. The number of nitrogens with one attached hydrogen (secondary N) is 1. The Labute approximate surface area is 225 Å². The smallest absolute Gasteiger partial charge is 0.417 e. The van der Waals surface area contributed by atoms with Gasteiger partial charge in [-0.3, -0.25) is 14.5 Å². The Bertz CT molecular complexity index is 1410. The van der Waals surface area contributed by atoms with E-state index in [9.17, 15) is 27.6 Å². The molecule has 3 aromatic rings. The van der Waals surface area contributed by atoms with Gasteiger partial charge in [-0.05, 0) is 30.3 Å². The lowest BCUT2D eigenvalue weighted by Gasteiger charge is -2.39. The second kappa shape index (κ2) is 10.5. The fraction of sp³-hybridized carbons (Fsp3) is 0.269. The van der Waals surface area contributed by atoms with Gasteiger partial charge in [0.05, 0.1) is 0 Å². The SMILES string of the molecule is O=C(NC1CC(F)(F)C1)[C@H](c1ccccc1Cl)N(C(=O)[C@@H]1COC(=O)N1c1ncccn1)c1cccc(F)c1. The average molecular weight is 560 g/mol. The lowest BCUT2D eigenvalue weighted by Crippen LogP contribution is -2.56. The lowest BCUT2D eigenvalue weighted by molar-refractivity contribution is -0.133. The van der Waals surface area contributed by atoms with E-state index in [0.717, 1.165) is 21.9 Å². The van der Waals surface area contributed by atoms with Crippen LogP contribution in [0.2, 0.25) is 5.02 Å². The van der Waals surface area contributed by atoms with E-state index in [1.165, 1.54) is 42.7 Å². The maximum atomic E-state index is 14.4. The molecule has 1 aromatic heterocycles. The van der Waals surface area contributed by atoms with Crippen molar-refractivity contribution in [2.45, 2.75) is 36.9 Å². The maximum absolute atomic E-state index is 14.4. The number of amides is 3. The summed E-state index contributed by atoms with van der Waals surface area (Å²) >= 11 is 6.45. The number of ether oxygens (including phenoxy) is 1. The van der Waals surface area contributed by atoms with Crippen LogP contribution in [0, 0.1) is 5.82 Å². The van der Waals surface area contributed by atoms with Crippen LogP contribution in [0.25, 0.3) is 0 Å². The number of nitrogens with zero attached hydrogens (tertiary/aromatic N) is 4. The fourth-order valence-corrected chi connectivity index (χ4v) is 4.81.